The molecule has 0 aliphatic carbocycles. The first kappa shape index (κ1) is 23.5. The summed E-state index contributed by atoms with van der Waals surface area (Å²) >= 11 is 0. The Morgan fingerprint density at radius 1 is 1.11 bits per heavy atom. The van der Waals surface area contributed by atoms with E-state index in [4.69, 9.17) is 0 Å². The second-order valence-corrected chi connectivity index (χ2v) is 7.34. The summed E-state index contributed by atoms with van der Waals surface area (Å²) in [5, 5.41) is 21.2. The maximum atomic E-state index is 12.1. The summed E-state index contributed by atoms with van der Waals surface area (Å²) in [4.78, 5) is 23.5. The molecule has 28 heavy (non-hydrogen) atoms. The Kier molecular flexibility index (Phi) is 10.7. The number of aliphatic carboxylic acids is 1. The molecule has 0 radical (unpaired) electrons. The molecule has 0 fully saturated rings. The van der Waals surface area contributed by atoms with E-state index in [1.165, 1.54) is 43.9 Å². The van der Waals surface area contributed by atoms with Crippen molar-refractivity contribution >= 4 is 11.9 Å². The Balaban J connectivity index is 2.55. The van der Waals surface area contributed by atoms with E-state index in [0.29, 0.717) is 5.92 Å². The Hall–Kier alpha value is -2.56. The molecule has 154 valence electrons. The zero-order chi connectivity index (χ0) is 20.9. The highest BCUT2D eigenvalue weighted by Crippen LogP contribution is 2.14. The molecular formula is C23H33NO4. The van der Waals surface area contributed by atoms with E-state index in [-0.39, 0.29) is 12.2 Å². The van der Waals surface area contributed by atoms with Crippen molar-refractivity contribution in [2.45, 2.75) is 65.3 Å². The van der Waals surface area contributed by atoms with Gasteiger partial charge in [-0.3, -0.25) is 4.79 Å². The first-order chi connectivity index (χ1) is 13.3. The van der Waals surface area contributed by atoms with Crippen LogP contribution in [0.2, 0.25) is 0 Å². The highest BCUT2D eigenvalue weighted by Gasteiger charge is 2.19. The molecule has 5 heteroatoms. The molecule has 0 aliphatic heterocycles. The van der Waals surface area contributed by atoms with Crippen molar-refractivity contribution in [1.82, 2.24) is 5.32 Å². The summed E-state index contributed by atoms with van der Waals surface area (Å²) in [6.45, 7) is 6.31. The summed E-state index contributed by atoms with van der Waals surface area (Å²) in [6, 6.07) is 5.24. The maximum absolute atomic E-state index is 12.1. The third kappa shape index (κ3) is 9.95. The number of unbranched alkanes of at least 4 members (excludes halogenated alkanes) is 3. The Morgan fingerprint density at radius 2 is 1.79 bits per heavy atom. The van der Waals surface area contributed by atoms with Crippen LogP contribution < -0.4 is 5.32 Å². The number of rotatable bonds is 12. The fourth-order valence-electron chi connectivity index (χ4n) is 2.98. The Morgan fingerprint density at radius 3 is 2.39 bits per heavy atom. The number of hydrogen-bond acceptors (Lipinski definition) is 3. The molecule has 1 amide bonds. The van der Waals surface area contributed by atoms with Crippen LogP contribution in [0.5, 0.6) is 5.75 Å². The zero-order valence-corrected chi connectivity index (χ0v) is 17.1. The second-order valence-electron chi connectivity index (χ2n) is 7.34. The molecule has 3 N–H and O–H groups in total. The van der Waals surface area contributed by atoms with E-state index in [0.717, 1.165) is 17.6 Å². The summed E-state index contributed by atoms with van der Waals surface area (Å²) in [5.74, 6) is -0.965. The number of allylic oxidation sites excluding steroid dienone is 3. The topological polar surface area (TPSA) is 86.6 Å². The average molecular weight is 388 g/mol. The van der Waals surface area contributed by atoms with Crippen molar-refractivity contribution < 1.29 is 19.8 Å². The van der Waals surface area contributed by atoms with Crippen molar-refractivity contribution in [3.05, 3.63) is 53.6 Å². The molecule has 5 nitrogen and oxygen atoms in total. The first-order valence-corrected chi connectivity index (χ1v) is 9.99. The lowest BCUT2D eigenvalue weighted by molar-refractivity contribution is -0.141. The van der Waals surface area contributed by atoms with E-state index < -0.39 is 17.9 Å². The minimum absolute atomic E-state index is 0.115. The smallest absolute Gasteiger partial charge is 0.326 e. The quantitative estimate of drug-likeness (QED) is 0.278. The first-order valence-electron chi connectivity index (χ1n) is 9.99. The number of nitrogens with one attached hydrogen (secondary N) is 1. The number of carbonyl (C=O) groups excluding carboxylic acids is 1. The van der Waals surface area contributed by atoms with Gasteiger partial charge < -0.3 is 15.5 Å². The number of carboxylic acids is 1. The van der Waals surface area contributed by atoms with Crippen molar-refractivity contribution in [1.29, 1.82) is 0 Å². The van der Waals surface area contributed by atoms with Crippen molar-refractivity contribution in [2.75, 3.05) is 0 Å². The molecule has 0 unspecified atom stereocenters. The number of carboxylic acid groups (broad SMARTS) is 1. The lowest BCUT2D eigenvalue weighted by Gasteiger charge is -2.13. The molecule has 0 bridgehead atoms. The van der Waals surface area contributed by atoms with Crippen LogP contribution in [-0.2, 0) is 16.0 Å². The molecule has 0 spiro atoms. The zero-order valence-electron chi connectivity index (χ0n) is 17.1. The third-order valence-electron chi connectivity index (χ3n) is 4.55. The van der Waals surface area contributed by atoms with Gasteiger partial charge >= 0.3 is 5.97 Å². The van der Waals surface area contributed by atoms with Crippen LogP contribution in [0.25, 0.3) is 0 Å². The number of phenolic OH excluding ortho intramolecular Hbond substituents is 1. The van der Waals surface area contributed by atoms with Crippen LogP contribution in [-0.4, -0.2) is 28.1 Å². The SMILES string of the molecule is CCCCCC[C@H](C)/C=C(C)/C=C/C(=O)N[C@H](Cc1ccc(O)cc1)C(=O)O. The summed E-state index contributed by atoms with van der Waals surface area (Å²) in [6.07, 6.45) is 11.5. The normalized spacial score (nSPS) is 14.0. The van der Waals surface area contributed by atoms with E-state index >= 15 is 0 Å². The molecule has 0 aromatic heterocycles. The molecule has 1 aromatic rings. The van der Waals surface area contributed by atoms with Gasteiger partial charge in [0.15, 0.2) is 0 Å². The lowest BCUT2D eigenvalue weighted by atomic mass is 10.00. The summed E-state index contributed by atoms with van der Waals surface area (Å²) in [5.41, 5.74) is 1.71. The van der Waals surface area contributed by atoms with Gasteiger partial charge in [0.1, 0.15) is 11.8 Å². The van der Waals surface area contributed by atoms with E-state index in [1.54, 1.807) is 18.2 Å². The van der Waals surface area contributed by atoms with Crippen molar-refractivity contribution in [3.8, 4) is 5.75 Å². The number of aromatic hydroxyl groups is 1. The minimum Gasteiger partial charge on any atom is -0.508 e. The third-order valence-corrected chi connectivity index (χ3v) is 4.55. The highest BCUT2D eigenvalue weighted by atomic mass is 16.4. The van der Waals surface area contributed by atoms with Gasteiger partial charge in [-0.2, -0.15) is 0 Å². The number of hydrogen-bond donors (Lipinski definition) is 3. The molecule has 0 saturated heterocycles. The molecule has 1 aromatic carbocycles. The van der Waals surface area contributed by atoms with Gasteiger partial charge in [0.25, 0.3) is 0 Å². The number of benzene rings is 1. The van der Waals surface area contributed by atoms with Crippen molar-refractivity contribution in [3.63, 3.8) is 0 Å². The molecule has 2 atom stereocenters. The van der Waals surface area contributed by atoms with Crippen LogP contribution in [0.3, 0.4) is 0 Å². The standard InChI is InChI=1S/C23H33NO4/c1-4-5-6-7-8-17(2)15-18(3)9-14-22(26)24-21(23(27)28)16-19-10-12-20(25)13-11-19/h9-15,17,21,25H,4-8,16H2,1-3H3,(H,24,26)(H,27,28)/b14-9+,18-15+/t17-,21+/m0/s1. The van der Waals surface area contributed by atoms with Crippen LogP contribution in [0, 0.1) is 5.92 Å². The van der Waals surface area contributed by atoms with Gasteiger partial charge in [0.2, 0.25) is 5.91 Å². The van der Waals surface area contributed by atoms with Crippen molar-refractivity contribution in [2.24, 2.45) is 5.92 Å². The van der Waals surface area contributed by atoms with Gasteiger partial charge in [-0.15, -0.1) is 0 Å². The predicted octanol–water partition coefficient (Wildman–Crippen LogP) is 4.61. The summed E-state index contributed by atoms with van der Waals surface area (Å²) < 4.78 is 0. The average Bonchev–Trinajstić information content (AvgIpc) is 2.64. The number of amides is 1. The van der Waals surface area contributed by atoms with Gasteiger partial charge in [-0.1, -0.05) is 69.4 Å². The van der Waals surface area contributed by atoms with E-state index in [1.807, 2.05) is 6.92 Å². The van der Waals surface area contributed by atoms with Crippen LogP contribution in [0.15, 0.2) is 48.1 Å². The fourth-order valence-corrected chi connectivity index (χ4v) is 2.98. The number of carbonyl (C=O) groups is 2. The fraction of sp³-hybridized carbons (Fsp3) is 0.478. The second kappa shape index (κ2) is 12.8. The Bertz CT molecular complexity index is 676. The molecule has 0 heterocycles. The van der Waals surface area contributed by atoms with Crippen LogP contribution in [0.4, 0.5) is 0 Å². The monoisotopic (exact) mass is 387 g/mol. The van der Waals surface area contributed by atoms with Crippen LogP contribution in [0.1, 0.15) is 58.4 Å². The van der Waals surface area contributed by atoms with Gasteiger partial charge in [-0.05, 0) is 37.0 Å². The van der Waals surface area contributed by atoms with Gasteiger partial charge in [0, 0.05) is 12.5 Å². The molecule has 0 saturated carbocycles. The van der Waals surface area contributed by atoms with E-state index in [9.17, 15) is 19.8 Å². The highest BCUT2D eigenvalue weighted by molar-refractivity contribution is 5.91. The maximum Gasteiger partial charge on any atom is 0.326 e. The van der Waals surface area contributed by atoms with Gasteiger partial charge in [0.05, 0.1) is 0 Å². The minimum atomic E-state index is -1.09. The Labute approximate surface area is 168 Å². The van der Waals surface area contributed by atoms with Crippen LogP contribution >= 0.6 is 0 Å². The van der Waals surface area contributed by atoms with E-state index in [2.05, 4.69) is 25.2 Å². The summed E-state index contributed by atoms with van der Waals surface area (Å²) in [7, 11) is 0. The van der Waals surface area contributed by atoms with Gasteiger partial charge in [-0.25, -0.2) is 4.79 Å². The molecule has 1 rings (SSSR count). The largest absolute Gasteiger partial charge is 0.508 e. The lowest BCUT2D eigenvalue weighted by Crippen LogP contribution is -2.41. The molecule has 0 aliphatic rings. The molecular weight excluding hydrogens is 354 g/mol. The predicted molar refractivity (Wildman–Crippen MR) is 112 cm³/mol. The number of phenols is 1.